The maximum Gasteiger partial charge on any atom is 0.244 e. The van der Waals surface area contributed by atoms with Gasteiger partial charge in [0, 0.05) is 17.6 Å². The molecule has 1 aromatic rings. The average Bonchev–Trinajstić information content (AvgIpc) is 2.86. The molecule has 6 heteroatoms. The highest BCUT2D eigenvalue weighted by atomic mass is 79.9. The minimum atomic E-state index is -0.715. The molecule has 0 aromatic heterocycles. The van der Waals surface area contributed by atoms with Crippen LogP contribution < -0.4 is 5.32 Å². The number of nitrogens with zero attached hydrogens (tertiary/aromatic N) is 1. The number of likely N-dealkylation sites (tertiary alicyclic amines) is 1. The van der Waals surface area contributed by atoms with Gasteiger partial charge >= 0.3 is 0 Å². The van der Waals surface area contributed by atoms with Crippen LogP contribution in [0.4, 0.5) is 14.5 Å². The summed E-state index contributed by atoms with van der Waals surface area (Å²) in [6.07, 6.45) is 1.97. The van der Waals surface area contributed by atoms with Gasteiger partial charge in [-0.25, -0.2) is 8.78 Å². The maximum absolute atomic E-state index is 13.7. The van der Waals surface area contributed by atoms with Gasteiger partial charge in [0.25, 0.3) is 0 Å². The van der Waals surface area contributed by atoms with E-state index in [1.54, 1.807) is 11.8 Å². The lowest BCUT2D eigenvalue weighted by atomic mass is 10.2. The van der Waals surface area contributed by atoms with Crippen LogP contribution in [0.1, 0.15) is 19.8 Å². The number of halogens is 3. The number of benzene rings is 1. The van der Waals surface area contributed by atoms with Gasteiger partial charge in [-0.05, 0) is 31.9 Å². The Hall–Kier alpha value is -1.17. The second-order valence-electron chi connectivity index (χ2n) is 4.64. The van der Waals surface area contributed by atoms with E-state index in [0.29, 0.717) is 4.47 Å². The predicted molar refractivity (Wildman–Crippen MR) is 73.0 cm³/mol. The SMILES string of the molecule is CC(Nc1c(F)cc(Br)cc1F)C(=O)N1CCCC1. The fourth-order valence-corrected chi connectivity index (χ4v) is 2.57. The van der Waals surface area contributed by atoms with Crippen LogP contribution in [-0.2, 0) is 4.79 Å². The fraction of sp³-hybridized carbons (Fsp3) is 0.462. The lowest BCUT2D eigenvalue weighted by Gasteiger charge is -2.22. The van der Waals surface area contributed by atoms with Crippen LogP contribution in [0.3, 0.4) is 0 Å². The van der Waals surface area contributed by atoms with Crippen LogP contribution in [0.5, 0.6) is 0 Å². The summed E-state index contributed by atoms with van der Waals surface area (Å²) in [6.45, 7) is 3.05. The molecule has 19 heavy (non-hydrogen) atoms. The van der Waals surface area contributed by atoms with Crippen molar-refractivity contribution in [3.63, 3.8) is 0 Å². The van der Waals surface area contributed by atoms with Gasteiger partial charge in [0.05, 0.1) is 0 Å². The van der Waals surface area contributed by atoms with Gasteiger partial charge in [0.15, 0.2) is 0 Å². The number of hydrogen-bond acceptors (Lipinski definition) is 2. The van der Waals surface area contributed by atoms with Crippen molar-refractivity contribution in [3.8, 4) is 0 Å². The molecule has 1 saturated heterocycles. The molecule has 0 saturated carbocycles. The minimum absolute atomic E-state index is 0.126. The molecular weight excluding hydrogens is 318 g/mol. The molecule has 3 nitrogen and oxygen atoms in total. The van der Waals surface area contributed by atoms with Crippen LogP contribution >= 0.6 is 15.9 Å². The number of carbonyl (C=O) groups excluding carboxylic acids is 1. The van der Waals surface area contributed by atoms with Crippen molar-refractivity contribution in [3.05, 3.63) is 28.2 Å². The smallest absolute Gasteiger partial charge is 0.244 e. The molecule has 0 aliphatic carbocycles. The van der Waals surface area contributed by atoms with Crippen molar-refractivity contribution in [2.75, 3.05) is 18.4 Å². The Morgan fingerprint density at radius 3 is 2.37 bits per heavy atom. The van der Waals surface area contributed by atoms with Crippen LogP contribution in [0, 0.1) is 11.6 Å². The van der Waals surface area contributed by atoms with E-state index in [0.717, 1.165) is 25.9 Å². The number of amides is 1. The summed E-state index contributed by atoms with van der Waals surface area (Å²) in [5.41, 5.74) is -0.261. The molecule has 1 aliphatic heterocycles. The normalized spacial score (nSPS) is 16.5. The van der Waals surface area contributed by atoms with Crippen LogP contribution in [0.25, 0.3) is 0 Å². The zero-order valence-corrected chi connectivity index (χ0v) is 12.1. The third-order valence-electron chi connectivity index (χ3n) is 3.16. The van der Waals surface area contributed by atoms with Crippen LogP contribution in [0.15, 0.2) is 16.6 Å². The first kappa shape index (κ1) is 14.2. The molecule has 1 atom stereocenters. The number of rotatable bonds is 3. The topological polar surface area (TPSA) is 32.3 Å². The van der Waals surface area contributed by atoms with Crippen molar-refractivity contribution in [1.82, 2.24) is 4.90 Å². The molecule has 1 aliphatic rings. The quantitative estimate of drug-likeness (QED) is 0.922. The Balaban J connectivity index is 2.10. The molecule has 2 rings (SSSR count). The van der Waals surface area contributed by atoms with E-state index >= 15 is 0 Å². The molecule has 1 unspecified atom stereocenters. The molecule has 0 spiro atoms. The van der Waals surface area contributed by atoms with Gasteiger partial charge in [-0.15, -0.1) is 0 Å². The maximum atomic E-state index is 13.7. The van der Waals surface area contributed by atoms with Crippen molar-refractivity contribution in [2.45, 2.75) is 25.8 Å². The third-order valence-corrected chi connectivity index (χ3v) is 3.61. The van der Waals surface area contributed by atoms with E-state index in [4.69, 9.17) is 0 Å². The molecular formula is C13H15BrF2N2O. The zero-order chi connectivity index (χ0) is 14.0. The molecule has 1 heterocycles. The summed E-state index contributed by atoms with van der Waals surface area (Å²) in [5, 5.41) is 2.62. The van der Waals surface area contributed by atoms with Crippen molar-refractivity contribution >= 4 is 27.5 Å². The Labute approximate surface area is 119 Å². The van der Waals surface area contributed by atoms with Gasteiger partial charge < -0.3 is 10.2 Å². The summed E-state index contributed by atoms with van der Waals surface area (Å²) >= 11 is 3.01. The Morgan fingerprint density at radius 2 is 1.84 bits per heavy atom. The highest BCUT2D eigenvalue weighted by Crippen LogP contribution is 2.24. The second kappa shape index (κ2) is 5.86. The average molecular weight is 333 g/mol. The zero-order valence-electron chi connectivity index (χ0n) is 10.5. The second-order valence-corrected chi connectivity index (χ2v) is 5.56. The summed E-state index contributed by atoms with van der Waals surface area (Å²) in [7, 11) is 0. The van der Waals surface area contributed by atoms with E-state index in [9.17, 15) is 13.6 Å². The first-order chi connectivity index (χ1) is 8.99. The third kappa shape index (κ3) is 3.23. The first-order valence-corrected chi connectivity index (χ1v) is 6.98. The van der Waals surface area contributed by atoms with E-state index < -0.39 is 17.7 Å². The fourth-order valence-electron chi connectivity index (χ4n) is 2.17. The van der Waals surface area contributed by atoms with Gasteiger partial charge in [-0.2, -0.15) is 0 Å². The molecule has 104 valence electrons. The lowest BCUT2D eigenvalue weighted by molar-refractivity contribution is -0.130. The van der Waals surface area contributed by atoms with Crippen LogP contribution in [-0.4, -0.2) is 29.9 Å². The summed E-state index contributed by atoms with van der Waals surface area (Å²) < 4.78 is 27.6. The number of nitrogens with one attached hydrogen (secondary N) is 1. The largest absolute Gasteiger partial charge is 0.369 e. The molecule has 0 bridgehead atoms. The van der Waals surface area contributed by atoms with E-state index in [1.807, 2.05) is 0 Å². The Bertz CT molecular complexity index is 467. The van der Waals surface area contributed by atoms with E-state index in [-0.39, 0.29) is 11.6 Å². The summed E-state index contributed by atoms with van der Waals surface area (Å²) in [6, 6.07) is 1.68. The van der Waals surface area contributed by atoms with Crippen molar-refractivity contribution < 1.29 is 13.6 Å². The Morgan fingerprint density at radius 1 is 1.32 bits per heavy atom. The van der Waals surface area contributed by atoms with Gasteiger partial charge in [-0.3, -0.25) is 4.79 Å². The molecule has 1 amide bonds. The number of carbonyl (C=O) groups is 1. The minimum Gasteiger partial charge on any atom is -0.369 e. The Kier molecular flexibility index (Phi) is 4.39. The highest BCUT2D eigenvalue weighted by Gasteiger charge is 2.24. The van der Waals surface area contributed by atoms with E-state index in [2.05, 4.69) is 21.2 Å². The lowest BCUT2D eigenvalue weighted by Crippen LogP contribution is -2.40. The monoisotopic (exact) mass is 332 g/mol. The molecule has 1 fully saturated rings. The summed E-state index contributed by atoms with van der Waals surface area (Å²) in [4.78, 5) is 13.8. The summed E-state index contributed by atoms with van der Waals surface area (Å²) in [5.74, 6) is -1.56. The molecule has 1 N–H and O–H groups in total. The van der Waals surface area contributed by atoms with Gasteiger partial charge in [0.2, 0.25) is 5.91 Å². The standard InChI is InChI=1S/C13H15BrF2N2O/c1-8(13(19)18-4-2-3-5-18)17-12-10(15)6-9(14)7-11(12)16/h6-8,17H,2-5H2,1H3. The molecule has 0 radical (unpaired) electrons. The number of hydrogen-bond donors (Lipinski definition) is 1. The highest BCUT2D eigenvalue weighted by molar-refractivity contribution is 9.10. The predicted octanol–water partition coefficient (Wildman–Crippen LogP) is 3.15. The number of anilines is 1. The van der Waals surface area contributed by atoms with Crippen LogP contribution in [0.2, 0.25) is 0 Å². The van der Waals surface area contributed by atoms with Crippen molar-refractivity contribution in [2.24, 2.45) is 0 Å². The van der Waals surface area contributed by atoms with Gasteiger partial charge in [0.1, 0.15) is 23.4 Å². The first-order valence-electron chi connectivity index (χ1n) is 6.19. The van der Waals surface area contributed by atoms with Crippen molar-refractivity contribution in [1.29, 1.82) is 0 Å². The van der Waals surface area contributed by atoms with Gasteiger partial charge in [-0.1, -0.05) is 15.9 Å². The van der Waals surface area contributed by atoms with E-state index in [1.165, 1.54) is 12.1 Å². The molecule has 1 aromatic carbocycles.